The Morgan fingerprint density at radius 1 is 1.35 bits per heavy atom. The fourth-order valence-corrected chi connectivity index (χ4v) is 1.79. The lowest BCUT2D eigenvalue weighted by Crippen LogP contribution is -2.13. The van der Waals surface area contributed by atoms with Crippen LogP contribution in [0.3, 0.4) is 0 Å². The molecule has 0 saturated heterocycles. The SMILES string of the molecule is COc1ccc(C)cc1NC(=O)CCc1nnc(C)o1. The van der Waals surface area contributed by atoms with Gasteiger partial charge in [-0.1, -0.05) is 6.07 Å². The first-order valence-corrected chi connectivity index (χ1v) is 6.32. The Kier molecular flexibility index (Phi) is 4.34. The van der Waals surface area contributed by atoms with Gasteiger partial charge in [-0.2, -0.15) is 0 Å². The van der Waals surface area contributed by atoms with Crippen LogP contribution in [0.15, 0.2) is 22.6 Å². The van der Waals surface area contributed by atoms with E-state index < -0.39 is 0 Å². The van der Waals surface area contributed by atoms with Gasteiger partial charge in [0.05, 0.1) is 12.8 Å². The molecule has 0 aliphatic heterocycles. The Hall–Kier alpha value is -2.37. The molecule has 1 aromatic carbocycles. The predicted molar refractivity (Wildman–Crippen MR) is 73.7 cm³/mol. The Morgan fingerprint density at radius 2 is 2.15 bits per heavy atom. The Balaban J connectivity index is 1.96. The van der Waals surface area contributed by atoms with E-state index in [1.807, 2.05) is 25.1 Å². The molecule has 6 heteroatoms. The summed E-state index contributed by atoms with van der Waals surface area (Å²) < 4.78 is 10.4. The fourth-order valence-electron chi connectivity index (χ4n) is 1.79. The first-order chi connectivity index (χ1) is 9.58. The van der Waals surface area contributed by atoms with Crippen molar-refractivity contribution in [3.8, 4) is 5.75 Å². The van der Waals surface area contributed by atoms with Crippen LogP contribution in [0.1, 0.15) is 23.8 Å². The second-order valence-corrected chi connectivity index (χ2v) is 4.47. The number of carbonyl (C=O) groups excluding carboxylic acids is 1. The monoisotopic (exact) mass is 275 g/mol. The molecule has 1 N–H and O–H groups in total. The minimum Gasteiger partial charge on any atom is -0.495 e. The summed E-state index contributed by atoms with van der Waals surface area (Å²) in [4.78, 5) is 11.9. The van der Waals surface area contributed by atoms with Gasteiger partial charge < -0.3 is 14.5 Å². The molecule has 6 nitrogen and oxygen atoms in total. The van der Waals surface area contributed by atoms with E-state index >= 15 is 0 Å². The maximum absolute atomic E-state index is 11.9. The van der Waals surface area contributed by atoms with Crippen molar-refractivity contribution in [3.05, 3.63) is 35.5 Å². The molecule has 0 fully saturated rings. The highest BCUT2D eigenvalue weighted by molar-refractivity contribution is 5.92. The topological polar surface area (TPSA) is 77.2 Å². The highest BCUT2D eigenvalue weighted by atomic mass is 16.5. The van der Waals surface area contributed by atoms with Crippen molar-refractivity contribution in [2.24, 2.45) is 0 Å². The summed E-state index contributed by atoms with van der Waals surface area (Å²) in [5.41, 5.74) is 1.72. The number of nitrogens with zero attached hydrogens (tertiary/aromatic N) is 2. The molecular weight excluding hydrogens is 258 g/mol. The normalized spacial score (nSPS) is 10.3. The summed E-state index contributed by atoms with van der Waals surface area (Å²) in [6.45, 7) is 3.67. The van der Waals surface area contributed by atoms with Gasteiger partial charge in [-0.15, -0.1) is 10.2 Å². The van der Waals surface area contributed by atoms with Gasteiger partial charge in [0, 0.05) is 19.8 Å². The molecule has 0 saturated carbocycles. The highest BCUT2D eigenvalue weighted by Crippen LogP contribution is 2.25. The minimum absolute atomic E-state index is 0.121. The van der Waals surface area contributed by atoms with Crippen LogP contribution in [0.4, 0.5) is 5.69 Å². The molecule has 106 valence electrons. The summed E-state index contributed by atoms with van der Waals surface area (Å²) in [6.07, 6.45) is 0.694. The van der Waals surface area contributed by atoms with Gasteiger partial charge in [0.25, 0.3) is 0 Å². The average Bonchev–Trinajstić information content (AvgIpc) is 2.83. The van der Waals surface area contributed by atoms with Crippen LogP contribution in [0, 0.1) is 13.8 Å². The van der Waals surface area contributed by atoms with Crippen molar-refractivity contribution in [2.75, 3.05) is 12.4 Å². The highest BCUT2D eigenvalue weighted by Gasteiger charge is 2.10. The number of anilines is 1. The van der Waals surface area contributed by atoms with Gasteiger partial charge >= 0.3 is 0 Å². The minimum atomic E-state index is -0.121. The number of aromatic nitrogens is 2. The number of benzene rings is 1. The van der Waals surface area contributed by atoms with Gasteiger partial charge in [0.15, 0.2) is 0 Å². The summed E-state index contributed by atoms with van der Waals surface area (Å²) in [7, 11) is 1.57. The van der Waals surface area contributed by atoms with Crippen molar-refractivity contribution in [1.29, 1.82) is 0 Å². The number of aryl methyl sites for hydroxylation is 3. The van der Waals surface area contributed by atoms with Crippen LogP contribution in [-0.4, -0.2) is 23.2 Å². The molecule has 1 aromatic heterocycles. The van der Waals surface area contributed by atoms with Gasteiger partial charge in [-0.3, -0.25) is 4.79 Å². The molecule has 0 spiro atoms. The molecule has 2 rings (SSSR count). The van der Waals surface area contributed by atoms with Crippen LogP contribution in [0.5, 0.6) is 5.75 Å². The Morgan fingerprint density at radius 3 is 2.80 bits per heavy atom. The van der Waals surface area contributed by atoms with E-state index in [0.29, 0.717) is 29.6 Å². The van der Waals surface area contributed by atoms with Crippen molar-refractivity contribution in [2.45, 2.75) is 26.7 Å². The third-order valence-corrected chi connectivity index (χ3v) is 2.76. The molecular formula is C14H17N3O3. The van der Waals surface area contributed by atoms with E-state index in [2.05, 4.69) is 15.5 Å². The quantitative estimate of drug-likeness (QED) is 0.905. The number of amides is 1. The second-order valence-electron chi connectivity index (χ2n) is 4.47. The third kappa shape index (κ3) is 3.57. The van der Waals surface area contributed by atoms with Gasteiger partial charge in [-0.05, 0) is 24.6 Å². The lowest BCUT2D eigenvalue weighted by atomic mass is 10.2. The molecule has 1 amide bonds. The number of hydrogen-bond acceptors (Lipinski definition) is 5. The maximum Gasteiger partial charge on any atom is 0.224 e. The average molecular weight is 275 g/mol. The molecule has 0 radical (unpaired) electrons. The zero-order chi connectivity index (χ0) is 14.5. The first-order valence-electron chi connectivity index (χ1n) is 6.32. The van der Waals surface area contributed by atoms with Gasteiger partial charge in [0.1, 0.15) is 5.75 Å². The van der Waals surface area contributed by atoms with Crippen LogP contribution in [-0.2, 0) is 11.2 Å². The first kappa shape index (κ1) is 14.0. The number of ether oxygens (including phenoxy) is 1. The third-order valence-electron chi connectivity index (χ3n) is 2.76. The van der Waals surface area contributed by atoms with E-state index in [9.17, 15) is 4.79 Å². The summed E-state index contributed by atoms with van der Waals surface area (Å²) in [5, 5.41) is 10.4. The molecule has 2 aromatic rings. The van der Waals surface area contributed by atoms with Crippen molar-refractivity contribution >= 4 is 11.6 Å². The molecule has 0 aliphatic carbocycles. The van der Waals surface area contributed by atoms with E-state index in [1.165, 1.54) is 0 Å². The largest absolute Gasteiger partial charge is 0.495 e. The predicted octanol–water partition coefficient (Wildman–Crippen LogP) is 2.27. The van der Waals surface area contributed by atoms with E-state index in [-0.39, 0.29) is 12.3 Å². The summed E-state index contributed by atoms with van der Waals surface area (Å²) in [5.74, 6) is 1.48. The number of nitrogens with one attached hydrogen (secondary N) is 1. The van der Waals surface area contributed by atoms with Gasteiger partial charge in [0.2, 0.25) is 17.7 Å². The van der Waals surface area contributed by atoms with E-state index in [0.717, 1.165) is 5.56 Å². The zero-order valence-corrected chi connectivity index (χ0v) is 11.8. The van der Waals surface area contributed by atoms with Crippen molar-refractivity contribution in [3.63, 3.8) is 0 Å². The fraction of sp³-hybridized carbons (Fsp3) is 0.357. The maximum atomic E-state index is 11.9. The number of methoxy groups -OCH3 is 1. The molecule has 1 heterocycles. The van der Waals surface area contributed by atoms with Gasteiger partial charge in [-0.25, -0.2) is 0 Å². The lowest BCUT2D eigenvalue weighted by molar-refractivity contribution is -0.116. The Labute approximate surface area is 117 Å². The number of hydrogen-bond donors (Lipinski definition) is 1. The lowest BCUT2D eigenvalue weighted by Gasteiger charge is -2.10. The summed E-state index contributed by atoms with van der Waals surface area (Å²) >= 11 is 0. The van der Waals surface area contributed by atoms with Crippen molar-refractivity contribution in [1.82, 2.24) is 10.2 Å². The van der Waals surface area contributed by atoms with Crippen LogP contribution in [0.25, 0.3) is 0 Å². The molecule has 0 unspecified atom stereocenters. The van der Waals surface area contributed by atoms with Crippen LogP contribution in [0.2, 0.25) is 0 Å². The van der Waals surface area contributed by atoms with Crippen LogP contribution >= 0.6 is 0 Å². The summed E-state index contributed by atoms with van der Waals surface area (Å²) in [6, 6.07) is 5.62. The van der Waals surface area contributed by atoms with E-state index in [1.54, 1.807) is 14.0 Å². The standard InChI is InChI=1S/C14H17N3O3/c1-9-4-5-12(19-3)11(8-9)15-13(18)6-7-14-17-16-10(2)20-14/h4-5,8H,6-7H2,1-3H3,(H,15,18). The molecule has 20 heavy (non-hydrogen) atoms. The molecule has 0 atom stereocenters. The molecule has 0 aliphatic rings. The smallest absolute Gasteiger partial charge is 0.224 e. The number of carbonyl (C=O) groups is 1. The number of rotatable bonds is 5. The zero-order valence-electron chi connectivity index (χ0n) is 11.8. The second kappa shape index (κ2) is 6.18. The molecule has 0 bridgehead atoms. The van der Waals surface area contributed by atoms with Crippen molar-refractivity contribution < 1.29 is 13.9 Å². The van der Waals surface area contributed by atoms with E-state index in [4.69, 9.17) is 9.15 Å². The Bertz CT molecular complexity index is 607. The van der Waals surface area contributed by atoms with Crippen LogP contribution < -0.4 is 10.1 Å².